The molecule has 0 aromatic heterocycles. The molecule has 3 unspecified atom stereocenters. The van der Waals surface area contributed by atoms with Crippen molar-refractivity contribution in [1.29, 1.82) is 0 Å². The summed E-state index contributed by atoms with van der Waals surface area (Å²) in [5.74, 6) is 0.848. The third-order valence-electron chi connectivity index (χ3n) is 3.72. The van der Waals surface area contributed by atoms with E-state index in [1.807, 2.05) is 0 Å². The maximum absolute atomic E-state index is 13.1. The topological polar surface area (TPSA) is 20.2 Å². The van der Waals surface area contributed by atoms with Crippen LogP contribution in [0.4, 0.5) is 4.39 Å². The van der Waals surface area contributed by atoms with Crippen molar-refractivity contribution in [1.82, 2.24) is 0 Å². The smallest absolute Gasteiger partial charge is 0.123 e. The van der Waals surface area contributed by atoms with E-state index in [1.165, 1.54) is 18.6 Å². The lowest BCUT2D eigenvalue weighted by Crippen LogP contribution is -2.21. The molecule has 0 radical (unpaired) electrons. The standard InChI is InChI=1S/C14H18BrFO/c1-9-2-3-10(6-9)14(17)8-11-7-12(16)4-5-13(11)15/h4-5,7,9-10,14,17H,2-3,6,8H2,1H3. The maximum atomic E-state index is 13.1. The number of aliphatic hydroxyl groups excluding tert-OH is 1. The van der Waals surface area contributed by atoms with Crippen LogP contribution in [0.1, 0.15) is 31.7 Å². The Morgan fingerprint density at radius 3 is 2.88 bits per heavy atom. The lowest BCUT2D eigenvalue weighted by Gasteiger charge is -2.18. The fourth-order valence-corrected chi connectivity index (χ4v) is 3.10. The molecule has 1 aliphatic rings. The van der Waals surface area contributed by atoms with Gasteiger partial charge in [-0.15, -0.1) is 0 Å². The molecule has 0 saturated heterocycles. The molecule has 3 atom stereocenters. The highest BCUT2D eigenvalue weighted by atomic mass is 79.9. The second-order valence-corrected chi connectivity index (χ2v) is 6.04. The Morgan fingerprint density at radius 1 is 1.47 bits per heavy atom. The number of aliphatic hydroxyl groups is 1. The fraction of sp³-hybridized carbons (Fsp3) is 0.571. The second-order valence-electron chi connectivity index (χ2n) is 5.19. The summed E-state index contributed by atoms with van der Waals surface area (Å²) in [6.07, 6.45) is 3.57. The van der Waals surface area contributed by atoms with Gasteiger partial charge in [0.2, 0.25) is 0 Å². The van der Waals surface area contributed by atoms with Gasteiger partial charge in [-0.3, -0.25) is 0 Å². The highest BCUT2D eigenvalue weighted by Gasteiger charge is 2.27. The van der Waals surface area contributed by atoms with E-state index >= 15 is 0 Å². The largest absolute Gasteiger partial charge is 0.392 e. The van der Waals surface area contributed by atoms with E-state index < -0.39 is 0 Å². The molecule has 1 fully saturated rings. The van der Waals surface area contributed by atoms with Crippen molar-refractivity contribution in [3.8, 4) is 0 Å². The lowest BCUT2D eigenvalue weighted by atomic mass is 9.94. The van der Waals surface area contributed by atoms with E-state index in [1.54, 1.807) is 6.07 Å². The molecular weight excluding hydrogens is 283 g/mol. The summed E-state index contributed by atoms with van der Waals surface area (Å²) in [6, 6.07) is 4.64. The highest BCUT2D eigenvalue weighted by molar-refractivity contribution is 9.10. The average molecular weight is 301 g/mol. The Balaban J connectivity index is 2.02. The van der Waals surface area contributed by atoms with Crippen LogP contribution < -0.4 is 0 Å². The molecular formula is C14H18BrFO. The minimum atomic E-state index is -0.349. The van der Waals surface area contributed by atoms with Crippen LogP contribution >= 0.6 is 15.9 Å². The number of rotatable bonds is 3. The molecule has 2 rings (SSSR count). The second kappa shape index (κ2) is 5.49. The van der Waals surface area contributed by atoms with E-state index in [2.05, 4.69) is 22.9 Å². The third-order valence-corrected chi connectivity index (χ3v) is 4.49. The van der Waals surface area contributed by atoms with Crippen LogP contribution in [0.5, 0.6) is 0 Å². The molecule has 1 saturated carbocycles. The van der Waals surface area contributed by atoms with Gasteiger partial charge in [-0.25, -0.2) is 4.39 Å². The molecule has 94 valence electrons. The summed E-state index contributed by atoms with van der Waals surface area (Å²) in [4.78, 5) is 0. The Hall–Kier alpha value is -0.410. The Bertz CT molecular complexity index is 394. The first kappa shape index (κ1) is 13.0. The van der Waals surface area contributed by atoms with Crippen molar-refractivity contribution in [2.24, 2.45) is 11.8 Å². The van der Waals surface area contributed by atoms with E-state index in [4.69, 9.17) is 0 Å². The molecule has 0 amide bonds. The monoisotopic (exact) mass is 300 g/mol. The van der Waals surface area contributed by atoms with Gasteiger partial charge in [0.05, 0.1) is 6.10 Å². The third kappa shape index (κ3) is 3.29. The van der Waals surface area contributed by atoms with Crippen LogP contribution in [0.15, 0.2) is 22.7 Å². The van der Waals surface area contributed by atoms with Crippen molar-refractivity contribution < 1.29 is 9.50 Å². The summed E-state index contributed by atoms with van der Waals surface area (Å²) < 4.78 is 14.0. The number of hydrogen-bond donors (Lipinski definition) is 1. The summed E-state index contributed by atoms with van der Waals surface area (Å²) >= 11 is 3.40. The van der Waals surface area contributed by atoms with Gasteiger partial charge in [-0.2, -0.15) is 0 Å². The zero-order valence-electron chi connectivity index (χ0n) is 10.00. The van der Waals surface area contributed by atoms with Crippen molar-refractivity contribution >= 4 is 15.9 Å². The molecule has 1 N–H and O–H groups in total. The van der Waals surface area contributed by atoms with Crippen molar-refractivity contribution in [3.05, 3.63) is 34.1 Å². The molecule has 1 aromatic rings. The van der Waals surface area contributed by atoms with Crippen LogP contribution in [0, 0.1) is 17.7 Å². The van der Waals surface area contributed by atoms with Gasteiger partial charge in [-0.1, -0.05) is 29.3 Å². The van der Waals surface area contributed by atoms with Crippen molar-refractivity contribution in [2.75, 3.05) is 0 Å². The summed E-state index contributed by atoms with van der Waals surface area (Å²) in [6.45, 7) is 2.23. The first-order chi connectivity index (χ1) is 8.06. The SMILES string of the molecule is CC1CCC(C(O)Cc2cc(F)ccc2Br)C1. The minimum Gasteiger partial charge on any atom is -0.392 e. The van der Waals surface area contributed by atoms with Crippen LogP contribution in [0.2, 0.25) is 0 Å². The van der Waals surface area contributed by atoms with E-state index in [-0.39, 0.29) is 11.9 Å². The first-order valence-corrected chi connectivity index (χ1v) is 6.97. The van der Waals surface area contributed by atoms with Crippen LogP contribution in [-0.4, -0.2) is 11.2 Å². The summed E-state index contributed by atoms with van der Waals surface area (Å²) in [5, 5.41) is 10.2. The zero-order chi connectivity index (χ0) is 12.4. The van der Waals surface area contributed by atoms with Gasteiger partial charge in [0.25, 0.3) is 0 Å². The van der Waals surface area contributed by atoms with Gasteiger partial charge in [0.1, 0.15) is 5.82 Å². The van der Waals surface area contributed by atoms with Crippen molar-refractivity contribution in [3.63, 3.8) is 0 Å². The molecule has 0 spiro atoms. The van der Waals surface area contributed by atoms with E-state index in [9.17, 15) is 9.50 Å². The van der Waals surface area contributed by atoms with Gasteiger partial charge >= 0.3 is 0 Å². The predicted molar refractivity (Wildman–Crippen MR) is 70.3 cm³/mol. The van der Waals surface area contributed by atoms with Crippen LogP contribution in [0.25, 0.3) is 0 Å². The molecule has 0 bridgehead atoms. The first-order valence-electron chi connectivity index (χ1n) is 6.18. The molecule has 0 aliphatic heterocycles. The normalized spacial score (nSPS) is 26.1. The quantitative estimate of drug-likeness (QED) is 0.897. The molecule has 1 aliphatic carbocycles. The molecule has 1 nitrogen and oxygen atoms in total. The van der Waals surface area contributed by atoms with Gasteiger partial charge in [0.15, 0.2) is 0 Å². The average Bonchev–Trinajstić information content (AvgIpc) is 2.70. The lowest BCUT2D eigenvalue weighted by molar-refractivity contribution is 0.109. The predicted octanol–water partition coefficient (Wildman–Crippen LogP) is 3.93. The number of benzene rings is 1. The fourth-order valence-electron chi connectivity index (χ4n) is 2.69. The van der Waals surface area contributed by atoms with Crippen molar-refractivity contribution in [2.45, 2.75) is 38.7 Å². The molecule has 17 heavy (non-hydrogen) atoms. The molecule has 0 heterocycles. The maximum Gasteiger partial charge on any atom is 0.123 e. The molecule has 1 aromatic carbocycles. The molecule has 3 heteroatoms. The van der Waals surface area contributed by atoms with E-state index in [0.29, 0.717) is 18.3 Å². The summed E-state index contributed by atoms with van der Waals surface area (Å²) in [5.41, 5.74) is 0.858. The number of halogens is 2. The summed E-state index contributed by atoms with van der Waals surface area (Å²) in [7, 11) is 0. The van der Waals surface area contributed by atoms with Crippen LogP contribution in [-0.2, 0) is 6.42 Å². The van der Waals surface area contributed by atoms with Gasteiger partial charge < -0.3 is 5.11 Å². The van der Waals surface area contributed by atoms with Gasteiger partial charge in [0, 0.05) is 4.47 Å². The zero-order valence-corrected chi connectivity index (χ0v) is 11.6. The highest BCUT2D eigenvalue weighted by Crippen LogP contribution is 2.34. The Morgan fingerprint density at radius 2 is 2.24 bits per heavy atom. The van der Waals surface area contributed by atoms with Gasteiger partial charge in [-0.05, 0) is 54.9 Å². The van der Waals surface area contributed by atoms with E-state index in [0.717, 1.165) is 22.9 Å². The Kier molecular flexibility index (Phi) is 4.21. The minimum absolute atomic E-state index is 0.241. The Labute approximate surface area is 110 Å². The van der Waals surface area contributed by atoms with Crippen LogP contribution in [0.3, 0.4) is 0 Å². The number of hydrogen-bond acceptors (Lipinski definition) is 1.